The van der Waals surface area contributed by atoms with Crippen molar-refractivity contribution in [3.63, 3.8) is 0 Å². The molecule has 0 saturated heterocycles. The van der Waals surface area contributed by atoms with Crippen LogP contribution in [0.25, 0.3) is 0 Å². The number of carboxylic acid groups (broad SMARTS) is 1. The molecule has 1 aromatic carbocycles. The average molecular weight is 293 g/mol. The van der Waals surface area contributed by atoms with E-state index in [1.54, 1.807) is 0 Å². The molecule has 0 aliphatic carbocycles. The molecule has 0 saturated carbocycles. The van der Waals surface area contributed by atoms with Gasteiger partial charge in [0.2, 0.25) is 5.91 Å². The van der Waals surface area contributed by atoms with Gasteiger partial charge in [0.1, 0.15) is 5.75 Å². The first-order chi connectivity index (χ1) is 9.90. The molecule has 1 amide bonds. The molecule has 0 heterocycles. The minimum absolute atomic E-state index is 0.00878. The zero-order chi connectivity index (χ0) is 15.8. The van der Waals surface area contributed by atoms with E-state index in [0.29, 0.717) is 6.42 Å². The van der Waals surface area contributed by atoms with Crippen LogP contribution in [0, 0.1) is 0 Å². The molecular weight excluding hydrogens is 270 g/mol. The molecule has 5 heteroatoms. The third-order valence-electron chi connectivity index (χ3n) is 2.92. The molecule has 1 aromatic rings. The smallest absolute Gasteiger partial charge is 0.303 e. The minimum atomic E-state index is -0.883. The number of amides is 1. The molecule has 116 valence electrons. The lowest BCUT2D eigenvalue weighted by molar-refractivity contribution is -0.137. The second-order valence-corrected chi connectivity index (χ2v) is 5.24. The maximum Gasteiger partial charge on any atom is 0.303 e. The zero-order valence-corrected chi connectivity index (χ0v) is 12.8. The van der Waals surface area contributed by atoms with Crippen LogP contribution in [0.1, 0.15) is 51.6 Å². The van der Waals surface area contributed by atoms with Gasteiger partial charge in [0.15, 0.2) is 0 Å². The summed E-state index contributed by atoms with van der Waals surface area (Å²) in [5.41, 5.74) is 0.915. The van der Waals surface area contributed by atoms with Crippen molar-refractivity contribution in [2.45, 2.75) is 52.2 Å². The first kappa shape index (κ1) is 17.0. The molecule has 1 unspecified atom stereocenters. The molecule has 0 fully saturated rings. The summed E-state index contributed by atoms with van der Waals surface area (Å²) in [5, 5.41) is 11.4. The molecule has 0 aliphatic rings. The summed E-state index contributed by atoms with van der Waals surface area (Å²) in [6.07, 6.45) is 0.626. The van der Waals surface area contributed by atoms with Gasteiger partial charge in [0, 0.05) is 18.4 Å². The number of carboxylic acids is 1. The van der Waals surface area contributed by atoms with Crippen LogP contribution >= 0.6 is 0 Å². The predicted octanol–water partition coefficient (Wildman–Crippen LogP) is 2.91. The standard InChI is InChI=1S/C16H23NO4/c1-11(2)21-14-8-5-4-7-13(14)12(3)17-15(18)9-6-10-16(19)20/h4-5,7-8,11-12H,6,9-10H2,1-3H3,(H,17,18)(H,19,20). The SMILES string of the molecule is CC(C)Oc1ccccc1C(C)NC(=O)CCCC(=O)O. The van der Waals surface area contributed by atoms with Crippen molar-refractivity contribution in [2.24, 2.45) is 0 Å². The summed E-state index contributed by atoms with van der Waals surface area (Å²) in [5.74, 6) is -0.277. The Morgan fingerprint density at radius 3 is 2.48 bits per heavy atom. The molecule has 0 bridgehead atoms. The van der Waals surface area contributed by atoms with Gasteiger partial charge in [-0.1, -0.05) is 18.2 Å². The summed E-state index contributed by atoms with van der Waals surface area (Å²) in [6.45, 7) is 5.79. The molecule has 21 heavy (non-hydrogen) atoms. The van der Waals surface area contributed by atoms with Crippen molar-refractivity contribution >= 4 is 11.9 Å². The summed E-state index contributed by atoms with van der Waals surface area (Å²) >= 11 is 0. The van der Waals surface area contributed by atoms with E-state index >= 15 is 0 Å². The zero-order valence-electron chi connectivity index (χ0n) is 12.8. The Morgan fingerprint density at radius 1 is 1.19 bits per heavy atom. The maximum absolute atomic E-state index is 11.8. The van der Waals surface area contributed by atoms with Gasteiger partial charge in [-0.2, -0.15) is 0 Å². The van der Waals surface area contributed by atoms with E-state index in [1.807, 2.05) is 45.0 Å². The average Bonchev–Trinajstić information content (AvgIpc) is 2.37. The van der Waals surface area contributed by atoms with Gasteiger partial charge in [0.25, 0.3) is 0 Å². The summed E-state index contributed by atoms with van der Waals surface area (Å²) in [7, 11) is 0. The van der Waals surface area contributed by atoms with Crippen molar-refractivity contribution in [2.75, 3.05) is 0 Å². The van der Waals surface area contributed by atoms with Gasteiger partial charge in [-0.25, -0.2) is 0 Å². The highest BCUT2D eigenvalue weighted by Gasteiger charge is 2.14. The van der Waals surface area contributed by atoms with Gasteiger partial charge in [-0.3, -0.25) is 9.59 Å². The largest absolute Gasteiger partial charge is 0.491 e. The molecule has 0 spiro atoms. The fraction of sp³-hybridized carbons (Fsp3) is 0.500. The molecule has 1 atom stereocenters. The Hall–Kier alpha value is -2.04. The van der Waals surface area contributed by atoms with Crippen LogP contribution in [0.15, 0.2) is 24.3 Å². The first-order valence-corrected chi connectivity index (χ1v) is 7.17. The number of rotatable bonds is 8. The van der Waals surface area contributed by atoms with Crippen molar-refractivity contribution in [1.82, 2.24) is 5.32 Å². The lowest BCUT2D eigenvalue weighted by atomic mass is 10.1. The topological polar surface area (TPSA) is 75.6 Å². The number of nitrogens with one attached hydrogen (secondary N) is 1. The molecule has 0 radical (unpaired) electrons. The van der Waals surface area contributed by atoms with Crippen LogP contribution in [0.3, 0.4) is 0 Å². The van der Waals surface area contributed by atoms with Gasteiger partial charge in [-0.05, 0) is 33.3 Å². The highest BCUT2D eigenvalue weighted by atomic mass is 16.5. The molecule has 2 N–H and O–H groups in total. The lowest BCUT2D eigenvalue weighted by Gasteiger charge is -2.19. The number of carbonyl (C=O) groups is 2. The Labute approximate surface area is 125 Å². The lowest BCUT2D eigenvalue weighted by Crippen LogP contribution is -2.27. The number of aliphatic carboxylic acids is 1. The van der Waals surface area contributed by atoms with E-state index in [-0.39, 0.29) is 30.9 Å². The van der Waals surface area contributed by atoms with Crippen LogP contribution in [0.2, 0.25) is 0 Å². The van der Waals surface area contributed by atoms with Gasteiger partial charge < -0.3 is 15.2 Å². The van der Waals surface area contributed by atoms with Crippen LogP contribution in [0.4, 0.5) is 0 Å². The third-order valence-corrected chi connectivity index (χ3v) is 2.92. The predicted molar refractivity (Wildman–Crippen MR) is 80.3 cm³/mol. The second kappa shape index (κ2) is 8.29. The Bertz CT molecular complexity index is 485. The number of carbonyl (C=O) groups excluding carboxylic acids is 1. The fourth-order valence-electron chi connectivity index (χ4n) is 1.99. The van der Waals surface area contributed by atoms with E-state index in [9.17, 15) is 9.59 Å². The summed E-state index contributed by atoms with van der Waals surface area (Å²) in [6, 6.07) is 7.40. The Kier molecular flexibility index (Phi) is 6.72. The summed E-state index contributed by atoms with van der Waals surface area (Å²) in [4.78, 5) is 22.2. The number of para-hydroxylation sites is 1. The van der Waals surface area contributed by atoms with E-state index in [1.165, 1.54) is 0 Å². The fourth-order valence-corrected chi connectivity index (χ4v) is 1.99. The number of benzene rings is 1. The Balaban J connectivity index is 2.60. The first-order valence-electron chi connectivity index (χ1n) is 7.17. The molecule has 0 aliphatic heterocycles. The molecule has 1 rings (SSSR count). The van der Waals surface area contributed by atoms with Crippen LogP contribution in [-0.4, -0.2) is 23.1 Å². The van der Waals surface area contributed by atoms with E-state index in [2.05, 4.69) is 5.32 Å². The second-order valence-electron chi connectivity index (χ2n) is 5.24. The molecule has 5 nitrogen and oxygen atoms in total. The number of hydrogen-bond acceptors (Lipinski definition) is 3. The minimum Gasteiger partial charge on any atom is -0.491 e. The third kappa shape index (κ3) is 6.29. The number of hydrogen-bond donors (Lipinski definition) is 2. The maximum atomic E-state index is 11.8. The van der Waals surface area contributed by atoms with Crippen LogP contribution < -0.4 is 10.1 Å². The molecular formula is C16H23NO4. The van der Waals surface area contributed by atoms with Crippen molar-refractivity contribution in [3.8, 4) is 5.75 Å². The van der Waals surface area contributed by atoms with Gasteiger partial charge >= 0.3 is 5.97 Å². The normalized spacial score (nSPS) is 12.0. The van der Waals surface area contributed by atoms with Gasteiger partial charge in [-0.15, -0.1) is 0 Å². The van der Waals surface area contributed by atoms with E-state index in [4.69, 9.17) is 9.84 Å². The van der Waals surface area contributed by atoms with Crippen molar-refractivity contribution in [3.05, 3.63) is 29.8 Å². The summed E-state index contributed by atoms with van der Waals surface area (Å²) < 4.78 is 5.73. The van der Waals surface area contributed by atoms with Crippen molar-refractivity contribution < 1.29 is 19.4 Å². The monoisotopic (exact) mass is 293 g/mol. The highest BCUT2D eigenvalue weighted by molar-refractivity contribution is 5.77. The van der Waals surface area contributed by atoms with Crippen molar-refractivity contribution in [1.29, 1.82) is 0 Å². The quantitative estimate of drug-likeness (QED) is 0.772. The number of ether oxygens (including phenoxy) is 1. The Morgan fingerprint density at radius 2 is 1.86 bits per heavy atom. The van der Waals surface area contributed by atoms with E-state index < -0.39 is 5.97 Å². The highest BCUT2D eigenvalue weighted by Crippen LogP contribution is 2.25. The van der Waals surface area contributed by atoms with Crippen LogP contribution in [0.5, 0.6) is 5.75 Å². The van der Waals surface area contributed by atoms with Gasteiger partial charge in [0.05, 0.1) is 12.1 Å². The van der Waals surface area contributed by atoms with Crippen LogP contribution in [-0.2, 0) is 9.59 Å². The van der Waals surface area contributed by atoms with E-state index in [0.717, 1.165) is 11.3 Å². The molecule has 0 aromatic heterocycles.